The summed E-state index contributed by atoms with van der Waals surface area (Å²) in [6.45, 7) is 13.9. The maximum absolute atomic E-state index is 12.7. The van der Waals surface area contributed by atoms with Gasteiger partial charge in [-0.1, -0.05) is 0 Å². The third-order valence-electron chi connectivity index (χ3n) is 7.99. The molecule has 0 saturated carbocycles. The van der Waals surface area contributed by atoms with E-state index in [9.17, 15) is 19.2 Å². The fourth-order valence-electron chi connectivity index (χ4n) is 5.85. The summed E-state index contributed by atoms with van der Waals surface area (Å²) in [7, 11) is 0. The van der Waals surface area contributed by atoms with E-state index >= 15 is 0 Å². The minimum absolute atomic E-state index is 0.0466. The van der Waals surface area contributed by atoms with Crippen molar-refractivity contribution in [3.63, 3.8) is 0 Å². The number of piperazine rings is 1. The molecule has 0 spiro atoms. The molecule has 0 aromatic rings. The first kappa shape index (κ1) is 34.4. The first-order valence-electron chi connectivity index (χ1n) is 15.4. The predicted molar refractivity (Wildman–Crippen MR) is 158 cm³/mol. The van der Waals surface area contributed by atoms with Crippen molar-refractivity contribution in [1.29, 1.82) is 5.41 Å². The molecule has 0 aliphatic carbocycles. The Kier molecular flexibility index (Phi) is 12.4. The van der Waals surface area contributed by atoms with Gasteiger partial charge < -0.3 is 29.6 Å². The van der Waals surface area contributed by atoms with Gasteiger partial charge in [-0.15, -0.1) is 0 Å². The van der Waals surface area contributed by atoms with Crippen LogP contribution in [0.2, 0.25) is 0 Å². The lowest BCUT2D eigenvalue weighted by atomic mass is 9.88. The molecule has 0 radical (unpaired) electrons. The van der Waals surface area contributed by atoms with Gasteiger partial charge in [0.1, 0.15) is 23.6 Å². The molecule has 3 aliphatic rings. The van der Waals surface area contributed by atoms with Crippen molar-refractivity contribution in [1.82, 2.24) is 19.6 Å². The third-order valence-corrected chi connectivity index (χ3v) is 7.99. The largest absolute Gasteiger partial charge is 0.466 e. The second-order valence-corrected chi connectivity index (χ2v) is 12.4. The lowest BCUT2D eigenvalue weighted by molar-refractivity contribution is -0.157. The standard InChI is InChI=1S/C29H50N6O8/c1-6-40-24(36)17-23(26(37)41-7-2)33-14-12-32(13-15-33)18-21-19-34(27(38)42-21)10-8-20-9-11-35(22(16-20)25(30)31)28(39)43-29(3,4)5/h20-23H,6-19H2,1-5H3,(H3,30,31). The molecule has 2 amide bonds. The number of esters is 2. The van der Waals surface area contributed by atoms with Crippen LogP contribution < -0.4 is 5.73 Å². The first-order chi connectivity index (χ1) is 20.3. The Hall–Kier alpha value is -3.13. The van der Waals surface area contributed by atoms with Crippen LogP contribution in [0.3, 0.4) is 0 Å². The number of nitrogens with one attached hydrogen (secondary N) is 1. The molecule has 3 N–H and O–H groups in total. The Morgan fingerprint density at radius 2 is 1.74 bits per heavy atom. The van der Waals surface area contributed by atoms with Crippen LogP contribution in [0.15, 0.2) is 0 Å². The minimum Gasteiger partial charge on any atom is -0.466 e. The molecular formula is C29H50N6O8. The molecule has 43 heavy (non-hydrogen) atoms. The normalized spacial score (nSPS) is 24.3. The molecule has 4 unspecified atom stereocenters. The van der Waals surface area contributed by atoms with Gasteiger partial charge in [-0.05, 0) is 59.8 Å². The van der Waals surface area contributed by atoms with Gasteiger partial charge in [0, 0.05) is 45.8 Å². The zero-order valence-corrected chi connectivity index (χ0v) is 26.3. The van der Waals surface area contributed by atoms with E-state index in [4.69, 9.17) is 30.1 Å². The van der Waals surface area contributed by atoms with Crippen molar-refractivity contribution in [3.05, 3.63) is 0 Å². The monoisotopic (exact) mass is 610 g/mol. The molecule has 3 saturated heterocycles. The minimum atomic E-state index is -0.681. The molecule has 0 bridgehead atoms. The van der Waals surface area contributed by atoms with Gasteiger partial charge in [-0.3, -0.25) is 29.7 Å². The summed E-state index contributed by atoms with van der Waals surface area (Å²) in [6.07, 6.45) is 0.898. The fourth-order valence-corrected chi connectivity index (χ4v) is 5.85. The topological polar surface area (TPSA) is 168 Å². The molecule has 0 aromatic carbocycles. The van der Waals surface area contributed by atoms with Crippen molar-refractivity contribution in [2.75, 3.05) is 65.6 Å². The molecule has 244 valence electrons. The first-order valence-corrected chi connectivity index (χ1v) is 15.4. The van der Waals surface area contributed by atoms with E-state index in [1.54, 1.807) is 39.5 Å². The second-order valence-electron chi connectivity index (χ2n) is 12.4. The van der Waals surface area contributed by atoms with Crippen molar-refractivity contribution in [2.45, 2.75) is 84.1 Å². The lowest BCUT2D eigenvalue weighted by Gasteiger charge is -2.39. The number of hydrogen-bond acceptors (Lipinski definition) is 11. The Bertz CT molecular complexity index is 996. The number of likely N-dealkylation sites (tertiary alicyclic amines) is 1. The average Bonchev–Trinajstić information content (AvgIpc) is 3.28. The summed E-state index contributed by atoms with van der Waals surface area (Å²) in [4.78, 5) is 57.4. The van der Waals surface area contributed by atoms with Crippen molar-refractivity contribution in [2.24, 2.45) is 11.7 Å². The van der Waals surface area contributed by atoms with Crippen molar-refractivity contribution < 1.29 is 38.1 Å². The number of ether oxygens (including phenoxy) is 4. The Balaban J connectivity index is 1.45. The highest BCUT2D eigenvalue weighted by Gasteiger charge is 2.38. The van der Waals surface area contributed by atoms with Gasteiger partial charge in [-0.2, -0.15) is 0 Å². The van der Waals surface area contributed by atoms with Gasteiger partial charge in [0.05, 0.1) is 32.2 Å². The molecule has 3 heterocycles. The van der Waals surface area contributed by atoms with E-state index in [1.165, 1.54) is 4.90 Å². The van der Waals surface area contributed by atoms with E-state index in [-0.39, 0.29) is 43.6 Å². The van der Waals surface area contributed by atoms with Gasteiger partial charge in [-0.25, -0.2) is 9.59 Å². The molecule has 3 fully saturated rings. The highest BCUT2D eigenvalue weighted by atomic mass is 16.6. The van der Waals surface area contributed by atoms with Crippen LogP contribution in [0.5, 0.6) is 0 Å². The van der Waals surface area contributed by atoms with E-state index in [0.717, 1.165) is 12.8 Å². The summed E-state index contributed by atoms with van der Waals surface area (Å²) >= 11 is 0. The number of rotatable bonds is 12. The molecular weight excluding hydrogens is 560 g/mol. The molecule has 4 atom stereocenters. The van der Waals surface area contributed by atoms with Crippen LogP contribution in [0, 0.1) is 11.3 Å². The smallest absolute Gasteiger partial charge is 0.410 e. The number of nitrogens with two attached hydrogens (primary N) is 1. The highest BCUT2D eigenvalue weighted by molar-refractivity contribution is 5.86. The average molecular weight is 611 g/mol. The number of amidine groups is 1. The molecule has 3 aliphatic heterocycles. The number of carbonyl (C=O) groups is 4. The number of amides is 2. The molecule has 14 heteroatoms. The van der Waals surface area contributed by atoms with Crippen molar-refractivity contribution >= 4 is 30.0 Å². The second kappa shape index (κ2) is 15.6. The summed E-state index contributed by atoms with van der Waals surface area (Å²) in [6, 6.07) is -1.20. The number of piperidine rings is 1. The zero-order chi connectivity index (χ0) is 31.7. The van der Waals surface area contributed by atoms with E-state index in [0.29, 0.717) is 58.8 Å². The highest BCUT2D eigenvalue weighted by Crippen LogP contribution is 2.28. The molecule has 3 rings (SSSR count). The van der Waals surface area contributed by atoms with E-state index in [2.05, 4.69) is 4.90 Å². The Labute approximate surface area is 254 Å². The van der Waals surface area contributed by atoms with Crippen LogP contribution in [0.1, 0.15) is 60.3 Å². The van der Waals surface area contributed by atoms with Gasteiger partial charge in [0.2, 0.25) is 0 Å². The summed E-state index contributed by atoms with van der Waals surface area (Å²) < 4.78 is 21.4. The fraction of sp³-hybridized carbons (Fsp3) is 0.828. The summed E-state index contributed by atoms with van der Waals surface area (Å²) in [5.41, 5.74) is 5.22. The number of carbonyl (C=O) groups excluding carboxylic acids is 4. The quantitative estimate of drug-likeness (QED) is 0.143. The number of hydrogen-bond donors (Lipinski definition) is 2. The zero-order valence-electron chi connectivity index (χ0n) is 26.3. The lowest BCUT2D eigenvalue weighted by Crippen LogP contribution is -2.54. The van der Waals surface area contributed by atoms with Gasteiger partial charge in [0.15, 0.2) is 0 Å². The molecule has 0 aromatic heterocycles. The Morgan fingerprint density at radius 1 is 1.07 bits per heavy atom. The maximum atomic E-state index is 12.7. The van der Waals surface area contributed by atoms with Crippen LogP contribution in [0.4, 0.5) is 9.59 Å². The van der Waals surface area contributed by atoms with Crippen LogP contribution in [-0.2, 0) is 28.5 Å². The number of cyclic esters (lactones) is 1. The summed E-state index contributed by atoms with van der Waals surface area (Å²) in [5.74, 6) is -0.707. The van der Waals surface area contributed by atoms with Crippen LogP contribution in [0.25, 0.3) is 0 Å². The molecule has 14 nitrogen and oxygen atoms in total. The van der Waals surface area contributed by atoms with Crippen LogP contribution in [-0.4, -0.2) is 139 Å². The van der Waals surface area contributed by atoms with Crippen LogP contribution >= 0.6 is 0 Å². The Morgan fingerprint density at radius 3 is 2.35 bits per heavy atom. The number of nitrogens with zero attached hydrogens (tertiary/aromatic N) is 4. The maximum Gasteiger partial charge on any atom is 0.410 e. The van der Waals surface area contributed by atoms with Crippen molar-refractivity contribution in [3.8, 4) is 0 Å². The summed E-state index contributed by atoms with van der Waals surface area (Å²) in [5, 5.41) is 8.03. The van der Waals surface area contributed by atoms with Gasteiger partial charge in [0.25, 0.3) is 0 Å². The SMILES string of the molecule is CCOC(=O)CC(C(=O)OCC)N1CCN(CC2CN(CCC3CCN(C(=O)OC(C)(C)C)C(C(=N)N)C3)C(=O)O2)CC1. The third kappa shape index (κ3) is 10.2. The van der Waals surface area contributed by atoms with Gasteiger partial charge >= 0.3 is 24.1 Å². The predicted octanol–water partition coefficient (Wildman–Crippen LogP) is 1.65. The van der Waals surface area contributed by atoms with E-state index < -0.39 is 35.7 Å². The van der Waals surface area contributed by atoms with E-state index in [1.807, 2.05) is 4.90 Å².